The Morgan fingerprint density at radius 2 is 2.25 bits per heavy atom. The maximum atomic E-state index is 9.68. The number of hydrogen-bond donors (Lipinski definition) is 2. The van der Waals surface area contributed by atoms with Crippen molar-refractivity contribution in [2.45, 2.75) is 0 Å². The number of phenolic OH excluding ortho intramolecular Hbond substituents is 1. The Labute approximate surface area is 98.5 Å². The first-order valence-electron chi connectivity index (χ1n) is 4.65. The van der Waals surface area contributed by atoms with E-state index < -0.39 is 0 Å². The van der Waals surface area contributed by atoms with Gasteiger partial charge in [0.05, 0.1) is 17.5 Å². The predicted octanol–water partition coefficient (Wildman–Crippen LogP) is 2.33. The first-order chi connectivity index (χ1) is 7.81. The largest absolute Gasteiger partial charge is 0.507 e. The maximum Gasteiger partial charge on any atom is 0.170 e. The predicted molar refractivity (Wildman–Crippen MR) is 64.3 cm³/mol. The fourth-order valence-corrected chi connectivity index (χ4v) is 1.39. The van der Waals surface area contributed by atoms with Crippen LogP contribution < -0.4 is 0 Å². The van der Waals surface area contributed by atoms with Gasteiger partial charge in [0.1, 0.15) is 5.75 Å². The second-order valence-corrected chi connectivity index (χ2v) is 3.38. The highest BCUT2D eigenvalue weighted by molar-refractivity contribution is 7.80. The molecule has 0 spiro atoms. The van der Waals surface area contributed by atoms with Gasteiger partial charge in [0.15, 0.2) is 5.76 Å². The summed E-state index contributed by atoms with van der Waals surface area (Å²) in [4.78, 5) is 0. The summed E-state index contributed by atoms with van der Waals surface area (Å²) in [7, 11) is 0. The molecule has 0 bridgehead atoms. The maximum absolute atomic E-state index is 9.68. The molecular weight excluding hydrogens is 222 g/mol. The van der Waals surface area contributed by atoms with Crippen molar-refractivity contribution in [2.24, 2.45) is 0 Å². The molecule has 0 saturated heterocycles. The number of aromatic hydroxyl groups is 1. The third-order valence-electron chi connectivity index (χ3n) is 2.01. The van der Waals surface area contributed by atoms with Gasteiger partial charge in [-0.3, -0.25) is 0 Å². The summed E-state index contributed by atoms with van der Waals surface area (Å²) >= 11 is 4.01. The van der Waals surface area contributed by atoms with Gasteiger partial charge in [-0.1, -0.05) is 17.0 Å². The van der Waals surface area contributed by atoms with Gasteiger partial charge in [-0.15, -0.1) is 0 Å². The van der Waals surface area contributed by atoms with Crippen LogP contribution in [0.15, 0.2) is 35.0 Å². The van der Waals surface area contributed by atoms with Gasteiger partial charge in [0.25, 0.3) is 0 Å². The zero-order valence-electron chi connectivity index (χ0n) is 8.34. The van der Waals surface area contributed by atoms with Gasteiger partial charge in [-0.05, 0) is 18.2 Å². The standard InChI is InChI=1S/C12H9NO2S/c14-11-4-3-9(2-1-7-16)8-10(11)12-5-6-13-15-12/h3-6,8,14,16H,7H2. The summed E-state index contributed by atoms with van der Waals surface area (Å²) < 4.78 is 4.99. The molecule has 1 heterocycles. The SMILES string of the molecule is Oc1ccc(C#CCS)cc1-c1ccno1. The van der Waals surface area contributed by atoms with Gasteiger partial charge in [0, 0.05) is 11.6 Å². The van der Waals surface area contributed by atoms with Crippen LogP contribution in [0.1, 0.15) is 5.56 Å². The van der Waals surface area contributed by atoms with E-state index in [1.165, 1.54) is 6.20 Å². The molecule has 1 N–H and O–H groups in total. The van der Waals surface area contributed by atoms with Crippen molar-refractivity contribution in [3.8, 4) is 28.9 Å². The molecule has 0 saturated carbocycles. The highest BCUT2D eigenvalue weighted by Crippen LogP contribution is 2.29. The normalized spacial score (nSPS) is 9.56. The van der Waals surface area contributed by atoms with Gasteiger partial charge in [0.2, 0.25) is 0 Å². The van der Waals surface area contributed by atoms with Crippen LogP contribution in [0.2, 0.25) is 0 Å². The fourth-order valence-electron chi connectivity index (χ4n) is 1.31. The van der Waals surface area contributed by atoms with Gasteiger partial charge >= 0.3 is 0 Å². The Morgan fingerprint density at radius 1 is 1.38 bits per heavy atom. The van der Waals surface area contributed by atoms with Crippen LogP contribution in [0.3, 0.4) is 0 Å². The summed E-state index contributed by atoms with van der Waals surface area (Å²) in [6.45, 7) is 0. The van der Waals surface area contributed by atoms with E-state index in [9.17, 15) is 5.11 Å². The molecule has 2 rings (SSSR count). The minimum Gasteiger partial charge on any atom is -0.507 e. The minimum atomic E-state index is 0.146. The third kappa shape index (κ3) is 2.20. The monoisotopic (exact) mass is 231 g/mol. The molecule has 0 unspecified atom stereocenters. The lowest BCUT2D eigenvalue weighted by molar-refractivity contribution is 0.426. The number of phenols is 1. The Hall–Kier alpha value is -1.86. The van der Waals surface area contributed by atoms with Crippen LogP contribution in [-0.2, 0) is 0 Å². The van der Waals surface area contributed by atoms with Crippen LogP contribution >= 0.6 is 12.6 Å². The molecular formula is C12H9NO2S. The first kappa shape index (κ1) is 10.7. The van der Waals surface area contributed by atoms with Crippen molar-refractivity contribution >= 4 is 12.6 Å². The van der Waals surface area contributed by atoms with Gasteiger partial charge < -0.3 is 9.63 Å². The average molecular weight is 231 g/mol. The molecule has 0 amide bonds. The van der Waals surface area contributed by atoms with Gasteiger partial charge in [-0.2, -0.15) is 12.6 Å². The number of aromatic nitrogens is 1. The molecule has 1 aromatic carbocycles. The molecule has 0 radical (unpaired) electrons. The summed E-state index contributed by atoms with van der Waals surface area (Å²) in [5.41, 5.74) is 1.39. The Bertz CT molecular complexity index is 538. The molecule has 0 aliphatic carbocycles. The summed E-state index contributed by atoms with van der Waals surface area (Å²) in [6, 6.07) is 6.77. The molecule has 2 aromatic rings. The topological polar surface area (TPSA) is 46.3 Å². The number of thiol groups is 1. The van der Waals surface area contributed by atoms with Crippen molar-refractivity contribution in [3.63, 3.8) is 0 Å². The molecule has 0 aliphatic rings. The number of nitrogens with zero attached hydrogens (tertiary/aromatic N) is 1. The molecule has 4 heteroatoms. The summed E-state index contributed by atoms with van der Waals surface area (Å²) in [5, 5.41) is 13.3. The first-order valence-corrected chi connectivity index (χ1v) is 5.28. The van der Waals surface area contributed by atoms with E-state index in [0.29, 0.717) is 17.1 Å². The van der Waals surface area contributed by atoms with Crippen molar-refractivity contribution in [1.82, 2.24) is 5.16 Å². The van der Waals surface area contributed by atoms with Crippen molar-refractivity contribution < 1.29 is 9.63 Å². The molecule has 0 fully saturated rings. The van der Waals surface area contributed by atoms with Crippen molar-refractivity contribution in [1.29, 1.82) is 0 Å². The molecule has 80 valence electrons. The van der Waals surface area contributed by atoms with E-state index in [4.69, 9.17) is 4.52 Å². The number of hydrogen-bond acceptors (Lipinski definition) is 4. The summed E-state index contributed by atoms with van der Waals surface area (Å²) in [6.07, 6.45) is 1.53. The highest BCUT2D eigenvalue weighted by Gasteiger charge is 2.07. The molecule has 0 aliphatic heterocycles. The average Bonchev–Trinajstić information content (AvgIpc) is 2.81. The van der Waals surface area contributed by atoms with Gasteiger partial charge in [-0.25, -0.2) is 0 Å². The van der Waals surface area contributed by atoms with E-state index in [2.05, 4.69) is 29.6 Å². The van der Waals surface area contributed by atoms with Crippen LogP contribution in [0.25, 0.3) is 11.3 Å². The number of rotatable bonds is 1. The Balaban J connectivity index is 2.45. The zero-order valence-corrected chi connectivity index (χ0v) is 9.24. The van der Waals surface area contributed by atoms with Crippen LogP contribution in [0.4, 0.5) is 0 Å². The molecule has 3 nitrogen and oxygen atoms in total. The van der Waals surface area contributed by atoms with Crippen LogP contribution in [-0.4, -0.2) is 16.0 Å². The van der Waals surface area contributed by atoms with E-state index >= 15 is 0 Å². The minimum absolute atomic E-state index is 0.146. The lowest BCUT2D eigenvalue weighted by Crippen LogP contribution is -1.80. The molecule has 0 atom stereocenters. The number of benzene rings is 1. The van der Waals surface area contributed by atoms with E-state index in [1.807, 2.05) is 0 Å². The van der Waals surface area contributed by atoms with Crippen LogP contribution in [0.5, 0.6) is 5.75 Å². The highest BCUT2D eigenvalue weighted by atomic mass is 32.1. The quantitative estimate of drug-likeness (QED) is 0.585. The second kappa shape index (κ2) is 4.77. The third-order valence-corrected chi connectivity index (χ3v) is 2.17. The molecule has 1 aromatic heterocycles. The van der Waals surface area contributed by atoms with E-state index in [1.54, 1.807) is 24.3 Å². The fraction of sp³-hybridized carbons (Fsp3) is 0.0833. The lowest BCUT2D eigenvalue weighted by Gasteiger charge is -2.00. The lowest BCUT2D eigenvalue weighted by atomic mass is 10.1. The van der Waals surface area contributed by atoms with Crippen LogP contribution in [0, 0.1) is 11.8 Å². The van der Waals surface area contributed by atoms with Crippen molar-refractivity contribution in [2.75, 3.05) is 5.75 Å². The molecule has 16 heavy (non-hydrogen) atoms. The second-order valence-electron chi connectivity index (χ2n) is 3.07. The van der Waals surface area contributed by atoms with E-state index in [-0.39, 0.29) is 5.75 Å². The smallest absolute Gasteiger partial charge is 0.170 e. The van der Waals surface area contributed by atoms with Crippen molar-refractivity contribution in [3.05, 3.63) is 36.0 Å². The zero-order chi connectivity index (χ0) is 11.4. The summed E-state index contributed by atoms with van der Waals surface area (Å²) in [5.74, 6) is 6.93. The Kier molecular flexibility index (Phi) is 3.18. The Morgan fingerprint density at radius 3 is 2.94 bits per heavy atom. The van der Waals surface area contributed by atoms with E-state index in [0.717, 1.165) is 5.56 Å².